The molecule has 0 radical (unpaired) electrons. The minimum Gasteiger partial charge on any atom is -0.370 e. The SMILES string of the molecule is CC(C)C(=O)Nc1cncc(-c2cc3c(-c4nc5c(N6CCCCC6)cccc5[nH]4)n[nH]c3cn2)c1. The number of rotatable bonds is 5. The number of nitrogens with zero attached hydrogens (tertiary/aromatic N) is 5. The predicted octanol–water partition coefficient (Wildman–Crippen LogP) is 5.15. The van der Waals surface area contributed by atoms with Crippen LogP contribution in [0.2, 0.25) is 0 Å². The Hall–Kier alpha value is -4.27. The Labute approximate surface area is 208 Å². The van der Waals surface area contributed by atoms with E-state index in [-0.39, 0.29) is 11.8 Å². The van der Waals surface area contributed by atoms with Crippen LogP contribution >= 0.6 is 0 Å². The highest BCUT2D eigenvalue weighted by atomic mass is 16.1. The number of anilines is 2. The van der Waals surface area contributed by atoms with Crippen LogP contribution < -0.4 is 10.2 Å². The van der Waals surface area contributed by atoms with E-state index in [0.717, 1.165) is 52.0 Å². The molecular weight excluding hydrogens is 452 g/mol. The molecule has 5 aromatic rings. The van der Waals surface area contributed by atoms with Gasteiger partial charge in [0.15, 0.2) is 5.82 Å². The molecule has 1 fully saturated rings. The highest BCUT2D eigenvalue weighted by molar-refractivity contribution is 5.97. The maximum atomic E-state index is 12.1. The average molecular weight is 481 g/mol. The van der Waals surface area contributed by atoms with Crippen molar-refractivity contribution in [3.8, 4) is 22.8 Å². The maximum absolute atomic E-state index is 12.1. The molecule has 1 aromatic carbocycles. The number of benzene rings is 1. The summed E-state index contributed by atoms with van der Waals surface area (Å²) in [4.78, 5) is 31.9. The zero-order valence-corrected chi connectivity index (χ0v) is 20.4. The van der Waals surface area contributed by atoms with Crippen LogP contribution in [0.5, 0.6) is 0 Å². The summed E-state index contributed by atoms with van der Waals surface area (Å²) >= 11 is 0. The summed E-state index contributed by atoms with van der Waals surface area (Å²) in [6.45, 7) is 5.84. The van der Waals surface area contributed by atoms with E-state index >= 15 is 0 Å². The number of imidazole rings is 1. The first-order valence-electron chi connectivity index (χ1n) is 12.4. The lowest BCUT2D eigenvalue weighted by Gasteiger charge is -2.28. The lowest BCUT2D eigenvalue weighted by Crippen LogP contribution is -2.29. The third-order valence-corrected chi connectivity index (χ3v) is 6.69. The van der Waals surface area contributed by atoms with Gasteiger partial charge in [0.05, 0.1) is 40.5 Å². The van der Waals surface area contributed by atoms with Gasteiger partial charge in [-0.2, -0.15) is 5.10 Å². The van der Waals surface area contributed by atoms with Gasteiger partial charge in [-0.1, -0.05) is 19.9 Å². The number of pyridine rings is 2. The van der Waals surface area contributed by atoms with Crippen molar-refractivity contribution in [2.45, 2.75) is 33.1 Å². The van der Waals surface area contributed by atoms with E-state index in [1.807, 2.05) is 26.0 Å². The van der Waals surface area contributed by atoms with Crippen molar-refractivity contribution in [1.82, 2.24) is 30.1 Å². The number of carbonyl (C=O) groups is 1. The van der Waals surface area contributed by atoms with Gasteiger partial charge >= 0.3 is 0 Å². The number of nitrogens with one attached hydrogen (secondary N) is 3. The molecular formula is C27H28N8O. The maximum Gasteiger partial charge on any atom is 0.226 e. The lowest BCUT2D eigenvalue weighted by molar-refractivity contribution is -0.118. The van der Waals surface area contributed by atoms with Crippen LogP contribution in [-0.2, 0) is 4.79 Å². The monoisotopic (exact) mass is 480 g/mol. The van der Waals surface area contributed by atoms with Crippen LogP contribution in [0.4, 0.5) is 11.4 Å². The smallest absolute Gasteiger partial charge is 0.226 e. The van der Waals surface area contributed by atoms with Crippen molar-refractivity contribution >= 4 is 39.2 Å². The summed E-state index contributed by atoms with van der Waals surface area (Å²) in [6.07, 6.45) is 8.86. The number of hydrogen-bond donors (Lipinski definition) is 3. The molecule has 4 aromatic heterocycles. The number of carbonyl (C=O) groups excluding carboxylic acids is 1. The Balaban J connectivity index is 1.38. The molecule has 0 bridgehead atoms. The molecule has 9 heteroatoms. The lowest BCUT2D eigenvalue weighted by atomic mass is 10.1. The van der Waals surface area contributed by atoms with Crippen molar-refractivity contribution in [1.29, 1.82) is 0 Å². The van der Waals surface area contributed by atoms with E-state index < -0.39 is 0 Å². The third kappa shape index (κ3) is 4.06. The summed E-state index contributed by atoms with van der Waals surface area (Å²) in [6, 6.07) is 10.2. The van der Waals surface area contributed by atoms with Crippen LogP contribution in [0, 0.1) is 5.92 Å². The highest BCUT2D eigenvalue weighted by Crippen LogP contribution is 2.33. The minimum absolute atomic E-state index is 0.0525. The molecule has 6 rings (SSSR count). The Bertz CT molecular complexity index is 1560. The first-order valence-corrected chi connectivity index (χ1v) is 12.4. The van der Waals surface area contributed by atoms with Gasteiger partial charge in [-0.05, 0) is 43.5 Å². The Morgan fingerprint density at radius 3 is 2.75 bits per heavy atom. The summed E-state index contributed by atoms with van der Waals surface area (Å²) in [5.74, 6) is 0.549. The highest BCUT2D eigenvalue weighted by Gasteiger charge is 2.19. The molecule has 5 heterocycles. The van der Waals surface area contributed by atoms with E-state index in [2.05, 4.69) is 53.6 Å². The van der Waals surface area contributed by atoms with Crippen molar-refractivity contribution < 1.29 is 4.79 Å². The van der Waals surface area contributed by atoms with Gasteiger partial charge in [0.25, 0.3) is 0 Å². The topological polar surface area (TPSA) is 115 Å². The fraction of sp³-hybridized carbons (Fsp3) is 0.296. The van der Waals surface area contributed by atoms with Gasteiger partial charge in [0.1, 0.15) is 11.2 Å². The summed E-state index contributed by atoms with van der Waals surface area (Å²) in [5, 5.41) is 11.5. The van der Waals surface area contributed by atoms with E-state index in [1.54, 1.807) is 18.6 Å². The second-order valence-corrected chi connectivity index (χ2v) is 9.60. The van der Waals surface area contributed by atoms with Crippen LogP contribution in [0.3, 0.4) is 0 Å². The van der Waals surface area contributed by atoms with Gasteiger partial charge in [-0.3, -0.25) is 19.9 Å². The third-order valence-electron chi connectivity index (χ3n) is 6.69. The number of H-pyrrole nitrogens is 2. The van der Waals surface area contributed by atoms with Crippen molar-refractivity contribution in [3.63, 3.8) is 0 Å². The fourth-order valence-electron chi connectivity index (χ4n) is 4.71. The molecule has 1 saturated heterocycles. The van der Waals surface area contributed by atoms with Crippen molar-refractivity contribution in [3.05, 3.63) is 48.9 Å². The normalized spacial score (nSPS) is 14.1. The van der Waals surface area contributed by atoms with Gasteiger partial charge in [0, 0.05) is 36.2 Å². The molecule has 36 heavy (non-hydrogen) atoms. The van der Waals surface area contributed by atoms with Crippen LogP contribution in [0.1, 0.15) is 33.1 Å². The summed E-state index contributed by atoms with van der Waals surface area (Å²) < 4.78 is 0. The molecule has 182 valence electrons. The largest absolute Gasteiger partial charge is 0.370 e. The summed E-state index contributed by atoms with van der Waals surface area (Å²) in [7, 11) is 0. The Kier molecular flexibility index (Phi) is 5.59. The van der Waals surface area contributed by atoms with Crippen LogP contribution in [0.15, 0.2) is 48.9 Å². The number of aromatic nitrogens is 6. The zero-order chi connectivity index (χ0) is 24.6. The first-order chi connectivity index (χ1) is 17.6. The van der Waals surface area contributed by atoms with Crippen LogP contribution in [-0.4, -0.2) is 49.1 Å². The minimum atomic E-state index is -0.115. The number of piperidine rings is 1. The number of hydrogen-bond acceptors (Lipinski definition) is 6. The molecule has 0 unspecified atom stereocenters. The molecule has 1 aliphatic rings. The molecule has 9 nitrogen and oxygen atoms in total. The Morgan fingerprint density at radius 2 is 1.92 bits per heavy atom. The van der Waals surface area contributed by atoms with Gasteiger partial charge in [-0.25, -0.2) is 4.98 Å². The molecule has 0 atom stereocenters. The van der Waals surface area contributed by atoms with E-state index in [9.17, 15) is 4.79 Å². The van der Waals surface area contributed by atoms with E-state index in [1.165, 1.54) is 24.9 Å². The van der Waals surface area contributed by atoms with Gasteiger partial charge < -0.3 is 15.2 Å². The number of amides is 1. The molecule has 1 aliphatic heterocycles. The number of fused-ring (bicyclic) bond motifs is 2. The quantitative estimate of drug-likeness (QED) is 0.320. The average Bonchev–Trinajstić information content (AvgIpc) is 3.53. The summed E-state index contributed by atoms with van der Waals surface area (Å²) in [5.41, 5.74) is 6.89. The molecule has 0 aliphatic carbocycles. The number of aromatic amines is 2. The van der Waals surface area contributed by atoms with E-state index in [4.69, 9.17) is 4.98 Å². The van der Waals surface area contributed by atoms with Crippen molar-refractivity contribution in [2.24, 2.45) is 5.92 Å². The molecule has 0 spiro atoms. The molecule has 3 N–H and O–H groups in total. The Morgan fingerprint density at radius 1 is 1.06 bits per heavy atom. The van der Waals surface area contributed by atoms with E-state index in [0.29, 0.717) is 11.5 Å². The second kappa shape index (κ2) is 9.07. The predicted molar refractivity (Wildman–Crippen MR) is 142 cm³/mol. The van der Waals surface area contributed by atoms with Crippen LogP contribution in [0.25, 0.3) is 44.7 Å². The first kappa shape index (κ1) is 22.2. The van der Waals surface area contributed by atoms with Gasteiger partial charge in [0.2, 0.25) is 5.91 Å². The molecule has 1 amide bonds. The second-order valence-electron chi connectivity index (χ2n) is 9.60. The van der Waals surface area contributed by atoms with Crippen molar-refractivity contribution in [2.75, 3.05) is 23.3 Å². The fourth-order valence-corrected chi connectivity index (χ4v) is 4.71. The molecule has 0 saturated carbocycles. The van der Waals surface area contributed by atoms with Gasteiger partial charge in [-0.15, -0.1) is 0 Å². The zero-order valence-electron chi connectivity index (χ0n) is 20.4. The standard InChI is InChI=1S/C27H28N8O/c1-16(2)27(36)30-18-11-17(13-28-14-18)21-12-19-22(15-29-21)33-34-24(19)26-31-20-7-6-8-23(25(20)32-26)35-9-4-3-5-10-35/h6-8,11-16H,3-5,9-10H2,1-2H3,(H,30,36)(H,31,32)(H,33,34). The number of para-hydroxylation sites is 1.